The van der Waals surface area contributed by atoms with Crippen LogP contribution in [0.4, 0.5) is 5.69 Å². The summed E-state index contributed by atoms with van der Waals surface area (Å²) in [7, 11) is 0. The second-order valence-electron chi connectivity index (χ2n) is 4.29. The van der Waals surface area contributed by atoms with Crippen LogP contribution < -0.4 is 10.6 Å². The van der Waals surface area contributed by atoms with Gasteiger partial charge in [-0.05, 0) is 24.6 Å². The first kappa shape index (κ1) is 15.3. The van der Waals surface area contributed by atoms with Gasteiger partial charge in [0.15, 0.2) is 0 Å². The van der Waals surface area contributed by atoms with Crippen LogP contribution in [-0.2, 0) is 4.79 Å². The molecule has 0 radical (unpaired) electrons. The van der Waals surface area contributed by atoms with Crippen molar-refractivity contribution in [3.63, 3.8) is 0 Å². The molecule has 100 valence electrons. The molecule has 0 aliphatic heterocycles. The van der Waals surface area contributed by atoms with E-state index < -0.39 is 0 Å². The molecule has 0 saturated carbocycles. The fourth-order valence-electron chi connectivity index (χ4n) is 1.38. The molecule has 0 aromatic heterocycles. The summed E-state index contributed by atoms with van der Waals surface area (Å²) in [5, 5.41) is 6.69. The van der Waals surface area contributed by atoms with Gasteiger partial charge in [0, 0.05) is 0 Å². The molecular formula is C13H18Cl2N2O. The summed E-state index contributed by atoms with van der Waals surface area (Å²) in [5.74, 6) is 0.412. The van der Waals surface area contributed by atoms with E-state index in [1.165, 1.54) is 0 Å². The van der Waals surface area contributed by atoms with Gasteiger partial charge >= 0.3 is 0 Å². The van der Waals surface area contributed by atoms with E-state index in [9.17, 15) is 4.79 Å². The van der Waals surface area contributed by atoms with Crippen LogP contribution >= 0.6 is 23.2 Å². The van der Waals surface area contributed by atoms with Crippen molar-refractivity contribution in [1.29, 1.82) is 0 Å². The first-order valence-electron chi connectivity index (χ1n) is 5.99. The number of carbonyl (C=O) groups is 1. The molecule has 2 N–H and O–H groups in total. The smallest absolute Gasteiger partial charge is 0.238 e. The number of anilines is 1. The highest BCUT2D eigenvalue weighted by Gasteiger charge is 2.09. The van der Waals surface area contributed by atoms with E-state index in [-0.39, 0.29) is 12.5 Å². The molecule has 0 aliphatic rings. The average molecular weight is 289 g/mol. The zero-order chi connectivity index (χ0) is 13.5. The lowest BCUT2D eigenvalue weighted by atomic mass is 10.1. The van der Waals surface area contributed by atoms with Crippen LogP contribution in [0, 0.1) is 5.92 Å². The maximum atomic E-state index is 11.7. The van der Waals surface area contributed by atoms with Crippen molar-refractivity contribution in [2.75, 3.05) is 18.4 Å². The van der Waals surface area contributed by atoms with E-state index in [4.69, 9.17) is 23.2 Å². The van der Waals surface area contributed by atoms with Gasteiger partial charge in [0.25, 0.3) is 0 Å². The number of para-hydroxylation sites is 1. The van der Waals surface area contributed by atoms with Crippen molar-refractivity contribution < 1.29 is 4.79 Å². The first-order chi connectivity index (χ1) is 8.54. The van der Waals surface area contributed by atoms with E-state index in [1.807, 2.05) is 0 Å². The van der Waals surface area contributed by atoms with Crippen LogP contribution in [0.1, 0.15) is 20.3 Å². The summed E-state index contributed by atoms with van der Waals surface area (Å²) in [4.78, 5) is 11.7. The molecule has 1 rings (SSSR count). The maximum absolute atomic E-state index is 11.7. The lowest BCUT2D eigenvalue weighted by Gasteiger charge is -2.11. The third kappa shape index (κ3) is 4.84. The summed E-state index contributed by atoms with van der Waals surface area (Å²) in [6.07, 6.45) is 1.09. The van der Waals surface area contributed by atoms with Gasteiger partial charge in [0.2, 0.25) is 5.91 Å². The van der Waals surface area contributed by atoms with Gasteiger partial charge in [-0.3, -0.25) is 4.79 Å². The van der Waals surface area contributed by atoms with Crippen LogP contribution in [-0.4, -0.2) is 19.0 Å². The van der Waals surface area contributed by atoms with Crippen LogP contribution in [0.15, 0.2) is 18.2 Å². The first-order valence-corrected chi connectivity index (χ1v) is 6.74. The number of nitrogens with one attached hydrogen (secondary N) is 2. The number of benzene rings is 1. The van der Waals surface area contributed by atoms with E-state index in [2.05, 4.69) is 24.5 Å². The number of halogens is 2. The number of hydrogen-bond donors (Lipinski definition) is 2. The van der Waals surface area contributed by atoms with Gasteiger partial charge < -0.3 is 10.6 Å². The predicted molar refractivity (Wildman–Crippen MR) is 77.4 cm³/mol. The summed E-state index contributed by atoms with van der Waals surface area (Å²) >= 11 is 11.9. The minimum atomic E-state index is -0.145. The van der Waals surface area contributed by atoms with E-state index in [0.29, 0.717) is 21.7 Å². The van der Waals surface area contributed by atoms with E-state index >= 15 is 0 Å². The van der Waals surface area contributed by atoms with Crippen molar-refractivity contribution in [1.82, 2.24) is 5.32 Å². The number of rotatable bonds is 6. The largest absolute Gasteiger partial charge is 0.322 e. The number of amides is 1. The van der Waals surface area contributed by atoms with Gasteiger partial charge in [-0.15, -0.1) is 0 Å². The Morgan fingerprint density at radius 1 is 1.33 bits per heavy atom. The summed E-state index contributed by atoms with van der Waals surface area (Å²) in [5.41, 5.74) is 0.469. The standard InChI is InChI=1S/C13H18Cl2N2O/c1-3-9(2)7-16-8-12(18)17-13-10(14)5-4-6-11(13)15/h4-6,9,16H,3,7-8H2,1-2H3,(H,17,18). The zero-order valence-electron chi connectivity index (χ0n) is 10.6. The SMILES string of the molecule is CCC(C)CNCC(=O)Nc1c(Cl)cccc1Cl. The minimum absolute atomic E-state index is 0.145. The average Bonchev–Trinajstić information content (AvgIpc) is 2.34. The predicted octanol–water partition coefficient (Wildman–Crippen LogP) is 3.57. The Hall–Kier alpha value is -0.770. The molecular weight excluding hydrogens is 271 g/mol. The molecule has 1 aromatic carbocycles. The highest BCUT2D eigenvalue weighted by molar-refractivity contribution is 6.39. The second kappa shape index (κ2) is 7.62. The Morgan fingerprint density at radius 3 is 2.50 bits per heavy atom. The second-order valence-corrected chi connectivity index (χ2v) is 5.10. The van der Waals surface area contributed by atoms with Crippen molar-refractivity contribution in [3.05, 3.63) is 28.2 Å². The Morgan fingerprint density at radius 2 is 1.94 bits per heavy atom. The number of hydrogen-bond acceptors (Lipinski definition) is 2. The molecule has 0 bridgehead atoms. The Bertz CT molecular complexity index is 390. The number of carbonyl (C=O) groups excluding carboxylic acids is 1. The third-order valence-electron chi connectivity index (χ3n) is 2.70. The molecule has 0 saturated heterocycles. The molecule has 1 amide bonds. The normalized spacial score (nSPS) is 12.2. The monoisotopic (exact) mass is 288 g/mol. The van der Waals surface area contributed by atoms with Crippen molar-refractivity contribution in [3.8, 4) is 0 Å². The molecule has 0 fully saturated rings. The Labute approximate surface area is 118 Å². The lowest BCUT2D eigenvalue weighted by molar-refractivity contribution is -0.115. The van der Waals surface area contributed by atoms with Crippen LogP contribution in [0.2, 0.25) is 10.0 Å². The van der Waals surface area contributed by atoms with Gasteiger partial charge in [0.1, 0.15) is 0 Å². The van der Waals surface area contributed by atoms with E-state index in [0.717, 1.165) is 13.0 Å². The molecule has 18 heavy (non-hydrogen) atoms. The third-order valence-corrected chi connectivity index (χ3v) is 3.33. The molecule has 1 atom stereocenters. The fraction of sp³-hybridized carbons (Fsp3) is 0.462. The van der Waals surface area contributed by atoms with Gasteiger partial charge in [-0.1, -0.05) is 49.5 Å². The van der Waals surface area contributed by atoms with Crippen molar-refractivity contribution >= 4 is 34.8 Å². The Kier molecular flexibility index (Phi) is 6.47. The summed E-state index contributed by atoms with van der Waals surface area (Å²) < 4.78 is 0. The van der Waals surface area contributed by atoms with Crippen LogP contribution in [0.25, 0.3) is 0 Å². The molecule has 0 heterocycles. The Balaban J connectivity index is 2.45. The molecule has 1 unspecified atom stereocenters. The van der Waals surface area contributed by atoms with E-state index in [1.54, 1.807) is 18.2 Å². The van der Waals surface area contributed by atoms with Gasteiger partial charge in [-0.2, -0.15) is 0 Å². The highest BCUT2D eigenvalue weighted by Crippen LogP contribution is 2.29. The van der Waals surface area contributed by atoms with Crippen LogP contribution in [0.5, 0.6) is 0 Å². The highest BCUT2D eigenvalue weighted by atomic mass is 35.5. The molecule has 1 aromatic rings. The maximum Gasteiger partial charge on any atom is 0.238 e. The lowest BCUT2D eigenvalue weighted by Crippen LogP contribution is -2.31. The fourth-order valence-corrected chi connectivity index (χ4v) is 1.87. The van der Waals surface area contributed by atoms with Crippen molar-refractivity contribution in [2.45, 2.75) is 20.3 Å². The minimum Gasteiger partial charge on any atom is -0.322 e. The summed E-state index contributed by atoms with van der Waals surface area (Å²) in [6, 6.07) is 5.12. The molecule has 0 spiro atoms. The van der Waals surface area contributed by atoms with Gasteiger partial charge in [0.05, 0.1) is 22.3 Å². The molecule has 3 nitrogen and oxygen atoms in total. The van der Waals surface area contributed by atoms with Crippen LogP contribution in [0.3, 0.4) is 0 Å². The summed E-state index contributed by atoms with van der Waals surface area (Å²) in [6.45, 7) is 5.33. The quantitative estimate of drug-likeness (QED) is 0.840. The molecule has 5 heteroatoms. The molecule has 0 aliphatic carbocycles. The zero-order valence-corrected chi connectivity index (χ0v) is 12.1. The van der Waals surface area contributed by atoms with Crippen molar-refractivity contribution in [2.24, 2.45) is 5.92 Å². The topological polar surface area (TPSA) is 41.1 Å². The van der Waals surface area contributed by atoms with Gasteiger partial charge in [-0.25, -0.2) is 0 Å².